The minimum absolute atomic E-state index is 0.0846. The molecule has 2 aliphatic heterocycles. The van der Waals surface area contributed by atoms with Gasteiger partial charge in [0.05, 0.1) is 13.2 Å². The van der Waals surface area contributed by atoms with Crippen molar-refractivity contribution in [2.24, 2.45) is 34.5 Å². The van der Waals surface area contributed by atoms with Crippen LogP contribution in [0.4, 0.5) is 0 Å². The lowest BCUT2D eigenvalue weighted by Crippen LogP contribution is -2.58. The maximum absolute atomic E-state index is 13.2. The number of morpholine rings is 1. The standard InChI is InChI=1S/C23H35N3O3/c1-22-8-6-18-16(14-24-20-13-15(27)5-7-23(18,20)2)17(22)3-4-19(22)21(28)25-26-9-11-29-12-10-26/h13,16-19,24H,3-12,14H2,1-2H3,(H,25,28)/t16-,17-,18-,19+,22-,23+/m0/s1. The Morgan fingerprint density at radius 1 is 1.17 bits per heavy atom. The molecule has 0 aromatic heterocycles. The van der Waals surface area contributed by atoms with Gasteiger partial charge in [0, 0.05) is 49.2 Å². The molecule has 2 saturated carbocycles. The maximum atomic E-state index is 13.2. The highest BCUT2D eigenvalue weighted by molar-refractivity contribution is 5.91. The molecule has 0 aromatic carbocycles. The summed E-state index contributed by atoms with van der Waals surface area (Å²) in [6, 6.07) is 0. The van der Waals surface area contributed by atoms with Crippen molar-refractivity contribution < 1.29 is 14.3 Å². The van der Waals surface area contributed by atoms with Crippen LogP contribution in [0.15, 0.2) is 11.8 Å². The topological polar surface area (TPSA) is 70.7 Å². The number of rotatable bonds is 2. The predicted molar refractivity (Wildman–Crippen MR) is 110 cm³/mol. The van der Waals surface area contributed by atoms with Gasteiger partial charge in [-0.2, -0.15) is 0 Å². The van der Waals surface area contributed by atoms with Crippen LogP contribution in [-0.2, 0) is 14.3 Å². The average Bonchev–Trinajstić information content (AvgIpc) is 3.06. The van der Waals surface area contributed by atoms with E-state index in [2.05, 4.69) is 24.6 Å². The number of amides is 1. The number of nitrogens with zero attached hydrogens (tertiary/aromatic N) is 1. The molecule has 0 spiro atoms. The number of carbonyl (C=O) groups is 2. The molecule has 6 heteroatoms. The van der Waals surface area contributed by atoms with Crippen LogP contribution in [0.5, 0.6) is 0 Å². The zero-order chi connectivity index (χ0) is 20.2. The molecule has 160 valence electrons. The largest absolute Gasteiger partial charge is 0.387 e. The normalized spacial score (nSPS) is 44.8. The Labute approximate surface area is 173 Å². The molecule has 2 N–H and O–H groups in total. The molecule has 3 aliphatic carbocycles. The van der Waals surface area contributed by atoms with E-state index in [0.717, 1.165) is 45.3 Å². The number of carbonyl (C=O) groups excluding carboxylic acids is 2. The van der Waals surface area contributed by atoms with Gasteiger partial charge in [0.25, 0.3) is 0 Å². The van der Waals surface area contributed by atoms with Gasteiger partial charge in [-0.3, -0.25) is 15.0 Å². The Kier molecular flexibility index (Phi) is 4.78. The monoisotopic (exact) mass is 401 g/mol. The molecule has 1 amide bonds. The van der Waals surface area contributed by atoms with Crippen LogP contribution >= 0.6 is 0 Å². The smallest absolute Gasteiger partial charge is 0.237 e. The van der Waals surface area contributed by atoms with E-state index in [1.54, 1.807) is 0 Å². The number of piperidine rings is 1. The van der Waals surface area contributed by atoms with Crippen LogP contribution in [0.1, 0.15) is 52.4 Å². The van der Waals surface area contributed by atoms with Gasteiger partial charge in [0.15, 0.2) is 5.78 Å². The highest BCUT2D eigenvalue weighted by Crippen LogP contribution is 2.64. The molecular formula is C23H35N3O3. The Hall–Kier alpha value is -1.40. The molecule has 2 heterocycles. The molecule has 6 atom stereocenters. The number of hydrazine groups is 1. The van der Waals surface area contributed by atoms with E-state index in [9.17, 15) is 9.59 Å². The summed E-state index contributed by atoms with van der Waals surface area (Å²) < 4.78 is 5.41. The molecule has 0 radical (unpaired) electrons. The lowest BCUT2D eigenvalue weighted by Gasteiger charge is -2.58. The summed E-state index contributed by atoms with van der Waals surface area (Å²) in [5.41, 5.74) is 4.57. The predicted octanol–water partition coefficient (Wildman–Crippen LogP) is 2.26. The van der Waals surface area contributed by atoms with Gasteiger partial charge in [-0.05, 0) is 55.3 Å². The fourth-order valence-electron chi connectivity index (χ4n) is 7.48. The van der Waals surface area contributed by atoms with Crippen molar-refractivity contribution >= 4 is 11.7 Å². The van der Waals surface area contributed by atoms with Crippen LogP contribution in [0, 0.1) is 34.5 Å². The lowest BCUT2D eigenvalue weighted by atomic mass is 9.50. The maximum Gasteiger partial charge on any atom is 0.237 e. The van der Waals surface area contributed by atoms with E-state index >= 15 is 0 Å². The first-order valence-corrected chi connectivity index (χ1v) is 11.5. The highest BCUT2D eigenvalue weighted by Gasteiger charge is 2.60. The Bertz CT molecular complexity index is 731. The van der Waals surface area contributed by atoms with Crippen molar-refractivity contribution in [3.8, 4) is 0 Å². The molecule has 29 heavy (non-hydrogen) atoms. The van der Waals surface area contributed by atoms with Gasteiger partial charge in [-0.25, -0.2) is 5.01 Å². The van der Waals surface area contributed by atoms with Gasteiger partial charge in [0.2, 0.25) is 5.91 Å². The molecule has 2 saturated heterocycles. The van der Waals surface area contributed by atoms with E-state index in [-0.39, 0.29) is 28.4 Å². The zero-order valence-corrected chi connectivity index (χ0v) is 17.8. The number of fused-ring (bicyclic) bond motifs is 5. The van der Waals surface area contributed by atoms with E-state index < -0.39 is 0 Å². The van der Waals surface area contributed by atoms with Gasteiger partial charge < -0.3 is 10.1 Å². The molecule has 6 nitrogen and oxygen atoms in total. The lowest BCUT2D eigenvalue weighted by molar-refractivity contribution is -0.139. The fraction of sp³-hybridized carbons (Fsp3) is 0.826. The van der Waals surface area contributed by atoms with Crippen molar-refractivity contribution in [1.82, 2.24) is 15.8 Å². The second-order valence-corrected chi connectivity index (χ2v) is 10.4. The van der Waals surface area contributed by atoms with E-state index in [1.165, 1.54) is 12.1 Å². The molecule has 5 aliphatic rings. The van der Waals surface area contributed by atoms with E-state index in [1.807, 2.05) is 11.1 Å². The summed E-state index contributed by atoms with van der Waals surface area (Å²) in [6.07, 6.45) is 7.96. The second-order valence-electron chi connectivity index (χ2n) is 10.4. The third-order valence-corrected chi connectivity index (χ3v) is 9.19. The summed E-state index contributed by atoms with van der Waals surface area (Å²) in [7, 11) is 0. The Balaban J connectivity index is 1.34. The van der Waals surface area contributed by atoms with E-state index in [4.69, 9.17) is 4.74 Å². The molecule has 0 unspecified atom stereocenters. The summed E-state index contributed by atoms with van der Waals surface area (Å²) in [6.45, 7) is 8.64. The number of hydrogen-bond acceptors (Lipinski definition) is 5. The van der Waals surface area contributed by atoms with Crippen molar-refractivity contribution in [3.05, 3.63) is 11.8 Å². The summed E-state index contributed by atoms with van der Waals surface area (Å²) in [4.78, 5) is 25.2. The number of nitrogens with one attached hydrogen (secondary N) is 2. The minimum Gasteiger partial charge on any atom is -0.387 e. The third kappa shape index (κ3) is 3.05. The number of hydrogen-bond donors (Lipinski definition) is 2. The van der Waals surface area contributed by atoms with Gasteiger partial charge in [-0.15, -0.1) is 0 Å². The van der Waals surface area contributed by atoms with Crippen LogP contribution < -0.4 is 10.7 Å². The summed E-state index contributed by atoms with van der Waals surface area (Å²) in [5.74, 6) is 2.41. The Morgan fingerprint density at radius 2 is 1.97 bits per heavy atom. The summed E-state index contributed by atoms with van der Waals surface area (Å²) in [5, 5.41) is 5.68. The van der Waals surface area contributed by atoms with Crippen molar-refractivity contribution in [3.63, 3.8) is 0 Å². The number of ketones is 1. The molecule has 0 aromatic rings. The minimum atomic E-state index is 0.0846. The third-order valence-electron chi connectivity index (χ3n) is 9.19. The molecule has 4 fully saturated rings. The van der Waals surface area contributed by atoms with Crippen molar-refractivity contribution in [1.29, 1.82) is 0 Å². The van der Waals surface area contributed by atoms with Crippen LogP contribution in [-0.4, -0.2) is 49.5 Å². The van der Waals surface area contributed by atoms with Crippen LogP contribution in [0.3, 0.4) is 0 Å². The van der Waals surface area contributed by atoms with Crippen LogP contribution in [0.25, 0.3) is 0 Å². The highest BCUT2D eigenvalue weighted by atomic mass is 16.5. The number of ether oxygens (including phenoxy) is 1. The SMILES string of the molecule is C[C@]12CC[C@H]3[C@@H](CNC4=CC(=O)CC[C@@]43C)[C@@H]1CC[C@@H]2C(=O)NN1CCOCC1. The second kappa shape index (κ2) is 7.09. The molecule has 0 bridgehead atoms. The Morgan fingerprint density at radius 3 is 2.76 bits per heavy atom. The molecular weight excluding hydrogens is 366 g/mol. The van der Waals surface area contributed by atoms with Gasteiger partial charge in [-0.1, -0.05) is 13.8 Å². The van der Waals surface area contributed by atoms with Crippen molar-refractivity contribution in [2.75, 3.05) is 32.8 Å². The van der Waals surface area contributed by atoms with Crippen molar-refractivity contribution in [2.45, 2.75) is 52.4 Å². The first-order valence-electron chi connectivity index (χ1n) is 11.5. The average molecular weight is 402 g/mol. The van der Waals surface area contributed by atoms with E-state index in [0.29, 0.717) is 37.4 Å². The number of allylic oxidation sites excluding steroid dienone is 2. The van der Waals surface area contributed by atoms with Crippen LogP contribution in [0.2, 0.25) is 0 Å². The fourth-order valence-corrected chi connectivity index (χ4v) is 7.48. The van der Waals surface area contributed by atoms with Gasteiger partial charge in [0.1, 0.15) is 0 Å². The first-order chi connectivity index (χ1) is 13.9. The molecule has 5 rings (SSSR count). The quantitative estimate of drug-likeness (QED) is 0.743. The summed E-state index contributed by atoms with van der Waals surface area (Å²) >= 11 is 0. The zero-order valence-electron chi connectivity index (χ0n) is 17.8. The van der Waals surface area contributed by atoms with Gasteiger partial charge >= 0.3 is 0 Å². The first kappa shape index (κ1) is 19.6.